The van der Waals surface area contributed by atoms with Gasteiger partial charge in [-0.25, -0.2) is 4.98 Å². The summed E-state index contributed by atoms with van der Waals surface area (Å²) in [5, 5.41) is 6.34. The Morgan fingerprint density at radius 3 is 3.17 bits per heavy atom. The van der Waals surface area contributed by atoms with Crippen molar-refractivity contribution in [3.63, 3.8) is 0 Å². The first-order valence-electron chi connectivity index (χ1n) is 3.88. The van der Waals surface area contributed by atoms with Crippen molar-refractivity contribution in [2.24, 2.45) is 0 Å². The molecule has 2 nitrogen and oxygen atoms in total. The Bertz CT molecular complexity index is 272. The van der Waals surface area contributed by atoms with E-state index in [4.69, 9.17) is 6.42 Å². The van der Waals surface area contributed by atoms with Gasteiger partial charge in [-0.3, -0.25) is 0 Å². The second kappa shape index (κ2) is 4.91. The second-order valence-corrected chi connectivity index (χ2v) is 3.55. The molecule has 1 aromatic heterocycles. The van der Waals surface area contributed by atoms with Gasteiger partial charge in [0.1, 0.15) is 0 Å². The molecule has 0 amide bonds. The van der Waals surface area contributed by atoms with Gasteiger partial charge in [0, 0.05) is 18.3 Å². The molecule has 0 fully saturated rings. The van der Waals surface area contributed by atoms with Crippen LogP contribution in [-0.2, 0) is 6.42 Å². The van der Waals surface area contributed by atoms with Crippen LogP contribution in [0.5, 0.6) is 0 Å². The van der Waals surface area contributed by atoms with Gasteiger partial charge in [0.2, 0.25) is 0 Å². The highest BCUT2D eigenvalue weighted by Crippen LogP contribution is 2.07. The second-order valence-electron chi connectivity index (χ2n) is 2.49. The van der Waals surface area contributed by atoms with Crippen molar-refractivity contribution >= 4 is 11.3 Å². The quantitative estimate of drug-likeness (QED) is 0.556. The number of aromatic nitrogens is 1. The van der Waals surface area contributed by atoms with Crippen LogP contribution in [-0.4, -0.2) is 18.1 Å². The SMILES string of the molecule is C#CCNCCc1csc(C)n1. The smallest absolute Gasteiger partial charge is 0.0897 e. The van der Waals surface area contributed by atoms with Crippen LogP contribution in [0, 0.1) is 19.3 Å². The lowest BCUT2D eigenvalue weighted by Gasteiger charge is -1.96. The van der Waals surface area contributed by atoms with E-state index in [0.717, 1.165) is 23.7 Å². The molecule has 3 heteroatoms. The van der Waals surface area contributed by atoms with Gasteiger partial charge in [0.25, 0.3) is 0 Å². The van der Waals surface area contributed by atoms with Gasteiger partial charge in [0.05, 0.1) is 17.2 Å². The molecule has 1 aromatic rings. The minimum absolute atomic E-state index is 0.642. The lowest BCUT2D eigenvalue weighted by Crippen LogP contribution is -2.17. The van der Waals surface area contributed by atoms with E-state index in [9.17, 15) is 0 Å². The van der Waals surface area contributed by atoms with Crippen molar-refractivity contribution < 1.29 is 0 Å². The van der Waals surface area contributed by atoms with Crippen LogP contribution in [0.25, 0.3) is 0 Å². The molecular formula is C9H12N2S. The standard InChI is InChI=1S/C9H12N2S/c1-3-5-10-6-4-9-7-12-8(2)11-9/h1,7,10H,4-6H2,2H3. The van der Waals surface area contributed by atoms with Gasteiger partial charge in [-0.05, 0) is 6.92 Å². The van der Waals surface area contributed by atoms with E-state index in [1.807, 2.05) is 6.92 Å². The van der Waals surface area contributed by atoms with Crippen molar-refractivity contribution in [2.75, 3.05) is 13.1 Å². The zero-order valence-corrected chi connectivity index (χ0v) is 7.95. The Morgan fingerprint density at radius 2 is 2.58 bits per heavy atom. The molecule has 0 unspecified atom stereocenters. The number of aryl methyl sites for hydroxylation is 1. The summed E-state index contributed by atoms with van der Waals surface area (Å²) in [6.07, 6.45) is 6.05. The molecule has 0 bridgehead atoms. The number of nitrogens with one attached hydrogen (secondary N) is 1. The molecule has 1 N–H and O–H groups in total. The largest absolute Gasteiger partial charge is 0.306 e. The van der Waals surface area contributed by atoms with E-state index >= 15 is 0 Å². The average molecular weight is 180 g/mol. The molecule has 0 spiro atoms. The van der Waals surface area contributed by atoms with Crippen molar-refractivity contribution in [1.29, 1.82) is 0 Å². The van der Waals surface area contributed by atoms with Gasteiger partial charge >= 0.3 is 0 Å². The van der Waals surface area contributed by atoms with Crippen LogP contribution >= 0.6 is 11.3 Å². The number of terminal acetylenes is 1. The zero-order chi connectivity index (χ0) is 8.81. The van der Waals surface area contributed by atoms with Gasteiger partial charge in [0.15, 0.2) is 0 Å². The van der Waals surface area contributed by atoms with Crippen molar-refractivity contribution in [2.45, 2.75) is 13.3 Å². The molecule has 0 aliphatic carbocycles. The molecule has 0 aromatic carbocycles. The van der Waals surface area contributed by atoms with Crippen LogP contribution in [0.1, 0.15) is 10.7 Å². The Kier molecular flexibility index (Phi) is 3.78. The predicted octanol–water partition coefficient (Wildman–Crippen LogP) is 1.22. The fourth-order valence-corrected chi connectivity index (χ4v) is 1.55. The number of hydrogen-bond donors (Lipinski definition) is 1. The summed E-state index contributed by atoms with van der Waals surface area (Å²) >= 11 is 1.69. The summed E-state index contributed by atoms with van der Waals surface area (Å²) < 4.78 is 0. The van der Waals surface area contributed by atoms with Crippen molar-refractivity contribution in [3.05, 3.63) is 16.1 Å². The van der Waals surface area contributed by atoms with Gasteiger partial charge in [-0.1, -0.05) is 5.92 Å². The highest BCUT2D eigenvalue weighted by atomic mass is 32.1. The topological polar surface area (TPSA) is 24.9 Å². The van der Waals surface area contributed by atoms with E-state index in [2.05, 4.69) is 21.6 Å². The normalized spacial score (nSPS) is 9.67. The molecule has 1 rings (SSSR count). The number of nitrogens with zero attached hydrogens (tertiary/aromatic N) is 1. The molecule has 12 heavy (non-hydrogen) atoms. The third-order valence-electron chi connectivity index (χ3n) is 1.45. The van der Waals surface area contributed by atoms with Gasteiger partial charge < -0.3 is 5.32 Å². The molecule has 0 saturated carbocycles. The van der Waals surface area contributed by atoms with E-state index in [-0.39, 0.29) is 0 Å². The maximum Gasteiger partial charge on any atom is 0.0897 e. The molecule has 0 radical (unpaired) electrons. The minimum Gasteiger partial charge on any atom is -0.306 e. The summed E-state index contributed by atoms with van der Waals surface area (Å²) in [6, 6.07) is 0. The van der Waals surface area contributed by atoms with Crippen LogP contribution in [0.4, 0.5) is 0 Å². The maximum atomic E-state index is 5.09. The van der Waals surface area contributed by atoms with Crippen molar-refractivity contribution in [3.8, 4) is 12.3 Å². The van der Waals surface area contributed by atoms with E-state index in [0.29, 0.717) is 6.54 Å². The summed E-state index contributed by atoms with van der Waals surface area (Å²) in [5.74, 6) is 2.53. The number of thiazole rings is 1. The summed E-state index contributed by atoms with van der Waals surface area (Å²) in [7, 11) is 0. The van der Waals surface area contributed by atoms with Crippen LogP contribution < -0.4 is 5.32 Å². The van der Waals surface area contributed by atoms with Crippen LogP contribution in [0.15, 0.2) is 5.38 Å². The maximum absolute atomic E-state index is 5.09. The van der Waals surface area contributed by atoms with Crippen molar-refractivity contribution in [1.82, 2.24) is 10.3 Å². The fraction of sp³-hybridized carbons (Fsp3) is 0.444. The van der Waals surface area contributed by atoms with Crippen LogP contribution in [0.2, 0.25) is 0 Å². The van der Waals surface area contributed by atoms with Gasteiger partial charge in [-0.2, -0.15) is 0 Å². The van der Waals surface area contributed by atoms with Gasteiger partial charge in [-0.15, -0.1) is 17.8 Å². The molecular weight excluding hydrogens is 168 g/mol. The summed E-state index contributed by atoms with van der Waals surface area (Å²) in [5.41, 5.74) is 1.15. The highest BCUT2D eigenvalue weighted by molar-refractivity contribution is 7.09. The summed E-state index contributed by atoms with van der Waals surface area (Å²) in [4.78, 5) is 4.34. The Hall–Kier alpha value is -0.850. The van der Waals surface area contributed by atoms with E-state index < -0.39 is 0 Å². The number of hydrogen-bond acceptors (Lipinski definition) is 3. The average Bonchev–Trinajstić information content (AvgIpc) is 2.45. The monoisotopic (exact) mass is 180 g/mol. The highest BCUT2D eigenvalue weighted by Gasteiger charge is 1.96. The first-order chi connectivity index (χ1) is 5.83. The Morgan fingerprint density at radius 1 is 1.75 bits per heavy atom. The molecule has 64 valence electrons. The molecule has 0 aliphatic rings. The van der Waals surface area contributed by atoms with Crippen LogP contribution in [0.3, 0.4) is 0 Å². The number of rotatable bonds is 4. The predicted molar refractivity (Wildman–Crippen MR) is 52.3 cm³/mol. The first-order valence-corrected chi connectivity index (χ1v) is 4.76. The molecule has 1 heterocycles. The third-order valence-corrected chi connectivity index (χ3v) is 2.27. The molecule has 0 aliphatic heterocycles. The molecule has 0 atom stereocenters. The minimum atomic E-state index is 0.642. The Balaban J connectivity index is 2.21. The zero-order valence-electron chi connectivity index (χ0n) is 7.13. The van der Waals surface area contributed by atoms with E-state index in [1.165, 1.54) is 0 Å². The third kappa shape index (κ3) is 3.04. The Labute approximate surface area is 77.0 Å². The lowest BCUT2D eigenvalue weighted by molar-refractivity contribution is 0.743. The summed E-state index contributed by atoms with van der Waals surface area (Å²) in [6.45, 7) is 3.57. The first kappa shape index (κ1) is 9.24. The lowest BCUT2D eigenvalue weighted by atomic mass is 10.3. The fourth-order valence-electron chi connectivity index (χ4n) is 0.900. The van der Waals surface area contributed by atoms with E-state index in [1.54, 1.807) is 11.3 Å². The molecule has 0 saturated heterocycles.